The number of aryl methyl sites for hydroxylation is 1. The topological polar surface area (TPSA) is 77.2 Å². The lowest BCUT2D eigenvalue weighted by Gasteiger charge is -2.21. The number of fused-ring (bicyclic) bond motifs is 1. The van der Waals surface area contributed by atoms with Crippen LogP contribution in [0, 0.1) is 0 Å². The SMILES string of the molecule is NC(=O)c1cc(Oc2cccc3c2NCCC3)ccn1. The number of aromatic nitrogens is 1. The first-order valence-electron chi connectivity index (χ1n) is 6.53. The summed E-state index contributed by atoms with van der Waals surface area (Å²) in [5.74, 6) is 0.738. The molecule has 5 nitrogen and oxygen atoms in total. The molecule has 1 aromatic heterocycles. The number of ether oxygens (including phenoxy) is 1. The van der Waals surface area contributed by atoms with Crippen LogP contribution >= 0.6 is 0 Å². The molecule has 20 heavy (non-hydrogen) atoms. The molecule has 5 heteroatoms. The number of pyridine rings is 1. The number of carbonyl (C=O) groups is 1. The van der Waals surface area contributed by atoms with Crippen molar-refractivity contribution < 1.29 is 9.53 Å². The summed E-state index contributed by atoms with van der Waals surface area (Å²) in [6.07, 6.45) is 3.68. The van der Waals surface area contributed by atoms with E-state index in [-0.39, 0.29) is 5.69 Å². The summed E-state index contributed by atoms with van der Waals surface area (Å²) in [5.41, 5.74) is 7.68. The second-order valence-electron chi connectivity index (χ2n) is 4.66. The maximum absolute atomic E-state index is 11.1. The van der Waals surface area contributed by atoms with Crippen molar-refractivity contribution in [3.05, 3.63) is 47.8 Å². The van der Waals surface area contributed by atoms with E-state index in [2.05, 4.69) is 16.4 Å². The van der Waals surface area contributed by atoms with Crippen LogP contribution in [-0.2, 0) is 6.42 Å². The van der Waals surface area contributed by atoms with Gasteiger partial charge in [0.1, 0.15) is 11.4 Å². The number of nitrogens with one attached hydrogen (secondary N) is 1. The monoisotopic (exact) mass is 269 g/mol. The molecular weight excluding hydrogens is 254 g/mol. The van der Waals surface area contributed by atoms with E-state index in [1.54, 1.807) is 12.1 Å². The Bertz CT molecular complexity index is 655. The van der Waals surface area contributed by atoms with Crippen molar-refractivity contribution in [2.24, 2.45) is 5.73 Å². The number of para-hydroxylation sites is 1. The van der Waals surface area contributed by atoms with Crippen molar-refractivity contribution in [2.45, 2.75) is 12.8 Å². The Labute approximate surface area is 116 Å². The van der Waals surface area contributed by atoms with Crippen LogP contribution in [-0.4, -0.2) is 17.4 Å². The Morgan fingerprint density at radius 1 is 1.35 bits per heavy atom. The van der Waals surface area contributed by atoms with Crippen molar-refractivity contribution in [2.75, 3.05) is 11.9 Å². The number of anilines is 1. The number of benzene rings is 1. The lowest BCUT2D eigenvalue weighted by atomic mass is 10.0. The molecule has 3 N–H and O–H groups in total. The van der Waals surface area contributed by atoms with Crippen LogP contribution in [0.15, 0.2) is 36.5 Å². The van der Waals surface area contributed by atoms with Gasteiger partial charge in [-0.15, -0.1) is 0 Å². The van der Waals surface area contributed by atoms with Gasteiger partial charge in [-0.1, -0.05) is 12.1 Å². The van der Waals surface area contributed by atoms with Crippen LogP contribution in [0.5, 0.6) is 11.5 Å². The van der Waals surface area contributed by atoms with Gasteiger partial charge in [-0.05, 0) is 30.5 Å². The summed E-state index contributed by atoms with van der Waals surface area (Å²) in [4.78, 5) is 15.0. The number of primary amides is 1. The average Bonchev–Trinajstić information content (AvgIpc) is 2.48. The zero-order valence-corrected chi connectivity index (χ0v) is 10.9. The predicted octanol–water partition coefficient (Wildman–Crippen LogP) is 2.33. The molecule has 0 unspecified atom stereocenters. The Hall–Kier alpha value is -2.56. The molecule has 0 aliphatic carbocycles. The van der Waals surface area contributed by atoms with Gasteiger partial charge < -0.3 is 15.8 Å². The minimum absolute atomic E-state index is 0.195. The fraction of sp³-hybridized carbons (Fsp3) is 0.200. The van der Waals surface area contributed by atoms with E-state index in [1.165, 1.54) is 11.8 Å². The van der Waals surface area contributed by atoms with E-state index < -0.39 is 5.91 Å². The van der Waals surface area contributed by atoms with E-state index >= 15 is 0 Å². The largest absolute Gasteiger partial charge is 0.455 e. The van der Waals surface area contributed by atoms with Crippen LogP contribution in [0.1, 0.15) is 22.5 Å². The number of hydrogen-bond acceptors (Lipinski definition) is 4. The highest BCUT2D eigenvalue weighted by Crippen LogP contribution is 2.34. The molecule has 0 saturated heterocycles. The minimum atomic E-state index is -0.566. The van der Waals surface area contributed by atoms with Gasteiger partial charge in [0.25, 0.3) is 5.91 Å². The van der Waals surface area contributed by atoms with Gasteiger partial charge in [-0.3, -0.25) is 9.78 Å². The van der Waals surface area contributed by atoms with Gasteiger partial charge in [0, 0.05) is 18.8 Å². The molecule has 0 radical (unpaired) electrons. The molecule has 3 rings (SSSR count). The Balaban J connectivity index is 1.91. The van der Waals surface area contributed by atoms with E-state index in [9.17, 15) is 4.79 Å². The van der Waals surface area contributed by atoms with Crippen molar-refractivity contribution in [3.8, 4) is 11.5 Å². The number of amides is 1. The van der Waals surface area contributed by atoms with Gasteiger partial charge in [0.15, 0.2) is 5.75 Å². The Morgan fingerprint density at radius 3 is 3.10 bits per heavy atom. The molecule has 1 aliphatic heterocycles. The van der Waals surface area contributed by atoms with E-state index in [0.29, 0.717) is 5.75 Å². The number of hydrogen-bond donors (Lipinski definition) is 2. The van der Waals surface area contributed by atoms with Crippen LogP contribution in [0.25, 0.3) is 0 Å². The summed E-state index contributed by atoms with van der Waals surface area (Å²) in [6.45, 7) is 0.941. The van der Waals surface area contributed by atoms with Crippen LogP contribution < -0.4 is 15.8 Å². The number of nitrogens with two attached hydrogens (primary N) is 1. The summed E-state index contributed by atoms with van der Waals surface area (Å²) in [6, 6.07) is 9.22. The molecule has 102 valence electrons. The highest BCUT2D eigenvalue weighted by Gasteiger charge is 2.14. The van der Waals surface area contributed by atoms with Crippen molar-refractivity contribution in [1.82, 2.24) is 4.98 Å². The Morgan fingerprint density at radius 2 is 2.25 bits per heavy atom. The molecule has 2 heterocycles. The molecule has 1 aromatic carbocycles. The maximum atomic E-state index is 11.1. The second kappa shape index (κ2) is 5.21. The summed E-state index contributed by atoms with van der Waals surface area (Å²) in [5, 5.41) is 3.36. The molecular formula is C15H15N3O2. The van der Waals surface area contributed by atoms with Crippen LogP contribution in [0.2, 0.25) is 0 Å². The predicted molar refractivity (Wildman–Crippen MR) is 76.1 cm³/mol. The molecule has 0 fully saturated rings. The molecule has 2 aromatic rings. The standard InChI is InChI=1S/C15H15N3O2/c16-15(19)12-9-11(6-8-17-12)20-13-5-1-3-10-4-2-7-18-14(10)13/h1,3,5-6,8-9,18H,2,4,7H2,(H2,16,19). The lowest BCUT2D eigenvalue weighted by molar-refractivity contribution is 0.0995. The molecule has 0 saturated carbocycles. The first-order valence-corrected chi connectivity index (χ1v) is 6.53. The quantitative estimate of drug-likeness (QED) is 0.896. The molecule has 0 spiro atoms. The zero-order valence-electron chi connectivity index (χ0n) is 10.9. The molecule has 1 amide bonds. The second-order valence-corrected chi connectivity index (χ2v) is 4.66. The minimum Gasteiger partial charge on any atom is -0.455 e. The first kappa shape index (κ1) is 12.5. The summed E-state index contributed by atoms with van der Waals surface area (Å²) < 4.78 is 5.86. The van der Waals surface area contributed by atoms with Crippen molar-refractivity contribution in [3.63, 3.8) is 0 Å². The summed E-state index contributed by atoms with van der Waals surface area (Å²) >= 11 is 0. The van der Waals surface area contributed by atoms with E-state index in [4.69, 9.17) is 10.5 Å². The van der Waals surface area contributed by atoms with Crippen molar-refractivity contribution in [1.29, 1.82) is 0 Å². The van der Waals surface area contributed by atoms with Gasteiger partial charge in [-0.25, -0.2) is 0 Å². The molecule has 0 bridgehead atoms. The normalized spacial score (nSPS) is 13.2. The van der Waals surface area contributed by atoms with Gasteiger partial charge in [0.2, 0.25) is 0 Å². The van der Waals surface area contributed by atoms with Gasteiger partial charge >= 0.3 is 0 Å². The van der Waals surface area contributed by atoms with Gasteiger partial charge in [-0.2, -0.15) is 0 Å². The number of nitrogens with zero attached hydrogens (tertiary/aromatic N) is 1. The van der Waals surface area contributed by atoms with Crippen LogP contribution in [0.3, 0.4) is 0 Å². The maximum Gasteiger partial charge on any atom is 0.267 e. The highest BCUT2D eigenvalue weighted by molar-refractivity contribution is 5.91. The van der Waals surface area contributed by atoms with E-state index in [0.717, 1.165) is 30.8 Å². The third kappa shape index (κ3) is 2.42. The van der Waals surface area contributed by atoms with E-state index in [1.807, 2.05) is 12.1 Å². The lowest BCUT2D eigenvalue weighted by Crippen LogP contribution is -2.13. The van der Waals surface area contributed by atoms with Crippen molar-refractivity contribution >= 4 is 11.6 Å². The third-order valence-corrected chi connectivity index (χ3v) is 3.25. The number of carbonyl (C=O) groups excluding carboxylic acids is 1. The summed E-state index contributed by atoms with van der Waals surface area (Å²) in [7, 11) is 0. The van der Waals surface area contributed by atoms with Crippen LogP contribution in [0.4, 0.5) is 5.69 Å². The first-order chi connectivity index (χ1) is 9.74. The Kier molecular flexibility index (Phi) is 3.25. The third-order valence-electron chi connectivity index (χ3n) is 3.25. The zero-order chi connectivity index (χ0) is 13.9. The fourth-order valence-corrected chi connectivity index (χ4v) is 2.30. The molecule has 0 atom stereocenters. The number of rotatable bonds is 3. The van der Waals surface area contributed by atoms with Gasteiger partial charge in [0.05, 0.1) is 5.69 Å². The smallest absolute Gasteiger partial charge is 0.267 e. The molecule has 1 aliphatic rings. The average molecular weight is 269 g/mol. The fourth-order valence-electron chi connectivity index (χ4n) is 2.30. The highest BCUT2D eigenvalue weighted by atomic mass is 16.5.